The van der Waals surface area contributed by atoms with Gasteiger partial charge in [0, 0.05) is 19.0 Å². The van der Waals surface area contributed by atoms with E-state index < -0.39 is 0 Å². The number of rotatable bonds is 2. The van der Waals surface area contributed by atoms with Crippen LogP contribution in [0.3, 0.4) is 0 Å². The Labute approximate surface area is 124 Å². The van der Waals surface area contributed by atoms with Gasteiger partial charge in [-0.15, -0.1) is 11.3 Å². The predicted molar refractivity (Wildman–Crippen MR) is 81.9 cm³/mol. The molecule has 3 nitrogen and oxygen atoms in total. The molecule has 1 fully saturated rings. The third kappa shape index (κ3) is 3.84. The molecule has 1 atom stereocenters. The molecule has 0 spiro atoms. The highest BCUT2D eigenvalue weighted by Gasteiger charge is 2.23. The SMILES string of the molecule is CC1CCCCCN1C(=O)c1ccc(C#CCCO)s1. The first kappa shape index (κ1) is 15.1. The van der Waals surface area contributed by atoms with Crippen LogP contribution >= 0.6 is 11.3 Å². The smallest absolute Gasteiger partial charge is 0.264 e. The number of aliphatic hydroxyl groups excluding tert-OH is 1. The maximum Gasteiger partial charge on any atom is 0.264 e. The normalized spacial score (nSPS) is 19.1. The van der Waals surface area contributed by atoms with E-state index in [-0.39, 0.29) is 12.5 Å². The van der Waals surface area contributed by atoms with Crippen LogP contribution in [-0.4, -0.2) is 35.1 Å². The molecule has 1 saturated heterocycles. The zero-order chi connectivity index (χ0) is 14.4. The van der Waals surface area contributed by atoms with Crippen molar-refractivity contribution in [2.75, 3.05) is 13.2 Å². The fraction of sp³-hybridized carbons (Fsp3) is 0.562. The molecule has 4 heteroatoms. The predicted octanol–water partition coefficient (Wildman–Crippen LogP) is 2.89. The van der Waals surface area contributed by atoms with Gasteiger partial charge in [0.1, 0.15) is 0 Å². The maximum absolute atomic E-state index is 12.6. The number of carbonyl (C=O) groups excluding carboxylic acids is 1. The van der Waals surface area contributed by atoms with Crippen molar-refractivity contribution in [3.63, 3.8) is 0 Å². The number of hydrogen-bond donors (Lipinski definition) is 1. The van der Waals surface area contributed by atoms with Gasteiger partial charge in [-0.25, -0.2) is 0 Å². The van der Waals surface area contributed by atoms with Gasteiger partial charge in [0.15, 0.2) is 0 Å². The summed E-state index contributed by atoms with van der Waals surface area (Å²) in [7, 11) is 0. The van der Waals surface area contributed by atoms with Crippen LogP contribution in [0.25, 0.3) is 0 Å². The fourth-order valence-electron chi connectivity index (χ4n) is 2.44. The van der Waals surface area contributed by atoms with Crippen LogP contribution in [0.2, 0.25) is 0 Å². The molecule has 1 N–H and O–H groups in total. The summed E-state index contributed by atoms with van der Waals surface area (Å²) in [6.07, 6.45) is 5.11. The molecule has 0 saturated carbocycles. The first-order valence-corrected chi connectivity index (χ1v) is 8.04. The quantitative estimate of drug-likeness (QED) is 0.851. The number of amides is 1. The monoisotopic (exact) mass is 291 g/mol. The van der Waals surface area contributed by atoms with Gasteiger partial charge in [-0.2, -0.15) is 0 Å². The molecule has 2 heterocycles. The third-order valence-corrected chi connectivity index (χ3v) is 4.57. The Bertz CT molecular complexity index is 512. The largest absolute Gasteiger partial charge is 0.395 e. The molecule has 1 unspecified atom stereocenters. The van der Waals surface area contributed by atoms with Crippen LogP contribution in [0.15, 0.2) is 12.1 Å². The molecule has 0 aromatic carbocycles. The summed E-state index contributed by atoms with van der Waals surface area (Å²) in [6, 6.07) is 4.09. The summed E-state index contributed by atoms with van der Waals surface area (Å²) >= 11 is 1.45. The molecule has 1 aliphatic rings. The minimum absolute atomic E-state index is 0.0788. The highest BCUT2D eigenvalue weighted by molar-refractivity contribution is 7.14. The van der Waals surface area contributed by atoms with Crippen molar-refractivity contribution < 1.29 is 9.90 Å². The second-order valence-electron chi connectivity index (χ2n) is 5.14. The van der Waals surface area contributed by atoms with Crippen molar-refractivity contribution in [1.82, 2.24) is 4.90 Å². The second kappa shape index (κ2) is 7.47. The Morgan fingerprint density at radius 1 is 1.45 bits per heavy atom. The Morgan fingerprint density at radius 2 is 2.30 bits per heavy atom. The van der Waals surface area contributed by atoms with E-state index >= 15 is 0 Å². The molecule has 108 valence electrons. The molecule has 1 aliphatic heterocycles. The molecule has 1 aromatic rings. The highest BCUT2D eigenvalue weighted by Crippen LogP contribution is 2.22. The topological polar surface area (TPSA) is 40.5 Å². The Morgan fingerprint density at radius 3 is 3.10 bits per heavy atom. The van der Waals surface area contributed by atoms with E-state index in [4.69, 9.17) is 5.11 Å². The summed E-state index contributed by atoms with van der Waals surface area (Å²) < 4.78 is 0. The molecule has 1 aromatic heterocycles. The number of thiophene rings is 1. The lowest BCUT2D eigenvalue weighted by atomic mass is 10.1. The lowest BCUT2D eigenvalue weighted by molar-refractivity contribution is 0.0703. The van der Waals surface area contributed by atoms with E-state index in [9.17, 15) is 4.79 Å². The molecule has 2 rings (SSSR count). The third-order valence-electron chi connectivity index (χ3n) is 3.58. The van der Waals surface area contributed by atoms with Gasteiger partial charge >= 0.3 is 0 Å². The van der Waals surface area contributed by atoms with Crippen molar-refractivity contribution in [2.24, 2.45) is 0 Å². The molecule has 0 bridgehead atoms. The number of hydrogen-bond acceptors (Lipinski definition) is 3. The van der Waals surface area contributed by atoms with Gasteiger partial charge in [0.05, 0.1) is 16.4 Å². The average molecular weight is 291 g/mol. The number of nitrogens with zero attached hydrogens (tertiary/aromatic N) is 1. The summed E-state index contributed by atoms with van der Waals surface area (Å²) in [6.45, 7) is 3.08. The van der Waals surface area contributed by atoms with Crippen LogP contribution in [-0.2, 0) is 0 Å². The summed E-state index contributed by atoms with van der Waals surface area (Å²) in [5, 5.41) is 8.70. The van der Waals surface area contributed by atoms with Crippen molar-refractivity contribution in [2.45, 2.75) is 45.1 Å². The summed E-state index contributed by atoms with van der Waals surface area (Å²) in [5.74, 6) is 6.01. The Hall–Kier alpha value is -1.31. The van der Waals surface area contributed by atoms with Crippen LogP contribution < -0.4 is 0 Å². The van der Waals surface area contributed by atoms with Crippen molar-refractivity contribution in [1.29, 1.82) is 0 Å². The Kier molecular flexibility index (Phi) is 5.63. The summed E-state index contributed by atoms with van der Waals surface area (Å²) in [5.41, 5.74) is 0. The zero-order valence-electron chi connectivity index (χ0n) is 11.9. The van der Waals surface area contributed by atoms with E-state index in [1.807, 2.05) is 17.0 Å². The van der Waals surface area contributed by atoms with Crippen LogP contribution in [0.5, 0.6) is 0 Å². The van der Waals surface area contributed by atoms with Gasteiger partial charge in [0.25, 0.3) is 5.91 Å². The van der Waals surface area contributed by atoms with Gasteiger partial charge in [0.2, 0.25) is 0 Å². The van der Waals surface area contributed by atoms with Crippen LogP contribution in [0.1, 0.15) is 53.6 Å². The first-order valence-electron chi connectivity index (χ1n) is 7.23. The summed E-state index contributed by atoms with van der Waals surface area (Å²) in [4.78, 5) is 16.2. The van der Waals surface area contributed by atoms with Gasteiger partial charge < -0.3 is 10.0 Å². The molecular formula is C16H21NO2S. The van der Waals surface area contributed by atoms with Crippen molar-refractivity contribution in [3.8, 4) is 11.8 Å². The lowest BCUT2D eigenvalue weighted by Gasteiger charge is -2.26. The van der Waals surface area contributed by atoms with Crippen LogP contribution in [0.4, 0.5) is 0 Å². The number of carbonyl (C=O) groups is 1. The Balaban J connectivity index is 2.07. The van der Waals surface area contributed by atoms with E-state index in [1.54, 1.807) is 0 Å². The standard InChI is InChI=1S/C16H21NO2S/c1-13-7-3-2-5-11-17(13)16(19)15-10-9-14(20-15)8-4-6-12-18/h9-10,13,18H,2-3,5-7,11-12H2,1H3. The van der Waals surface area contributed by atoms with Crippen molar-refractivity contribution >= 4 is 17.2 Å². The van der Waals surface area contributed by atoms with Crippen molar-refractivity contribution in [3.05, 3.63) is 21.9 Å². The fourth-order valence-corrected chi connectivity index (χ4v) is 3.28. The number of aliphatic hydroxyl groups is 1. The van der Waals surface area contributed by atoms with E-state index in [1.165, 1.54) is 24.2 Å². The molecule has 20 heavy (non-hydrogen) atoms. The zero-order valence-corrected chi connectivity index (χ0v) is 12.7. The molecule has 1 amide bonds. The highest BCUT2D eigenvalue weighted by atomic mass is 32.1. The van der Waals surface area contributed by atoms with Gasteiger partial charge in [-0.3, -0.25) is 4.79 Å². The molecular weight excluding hydrogens is 270 g/mol. The van der Waals surface area contributed by atoms with Gasteiger partial charge in [-0.1, -0.05) is 24.7 Å². The van der Waals surface area contributed by atoms with E-state index in [0.717, 1.165) is 29.1 Å². The lowest BCUT2D eigenvalue weighted by Crippen LogP contribution is -2.37. The van der Waals surface area contributed by atoms with E-state index in [2.05, 4.69) is 18.8 Å². The minimum Gasteiger partial charge on any atom is -0.395 e. The van der Waals surface area contributed by atoms with Gasteiger partial charge in [-0.05, 0) is 31.9 Å². The maximum atomic E-state index is 12.6. The second-order valence-corrected chi connectivity index (χ2v) is 6.22. The minimum atomic E-state index is 0.0788. The van der Waals surface area contributed by atoms with E-state index in [0.29, 0.717) is 12.5 Å². The average Bonchev–Trinajstić information content (AvgIpc) is 2.81. The molecule has 0 aliphatic carbocycles. The first-order chi connectivity index (χ1) is 9.72. The molecule has 0 radical (unpaired) electrons. The number of likely N-dealkylation sites (tertiary alicyclic amines) is 1. The van der Waals surface area contributed by atoms with Crippen LogP contribution in [0, 0.1) is 11.8 Å².